The summed E-state index contributed by atoms with van der Waals surface area (Å²) in [7, 11) is 0. The Labute approximate surface area is 145 Å². The van der Waals surface area contributed by atoms with Gasteiger partial charge in [-0.2, -0.15) is 0 Å². The van der Waals surface area contributed by atoms with Crippen LogP contribution in [-0.4, -0.2) is 35.7 Å². The van der Waals surface area contributed by atoms with Crippen molar-refractivity contribution in [3.63, 3.8) is 0 Å². The van der Waals surface area contributed by atoms with Gasteiger partial charge in [0.25, 0.3) is 5.91 Å². The van der Waals surface area contributed by atoms with Crippen LogP contribution in [0.25, 0.3) is 10.8 Å². The Kier molecular flexibility index (Phi) is 3.84. The molecule has 0 aromatic heterocycles. The van der Waals surface area contributed by atoms with Gasteiger partial charge in [-0.1, -0.05) is 18.2 Å². The van der Waals surface area contributed by atoms with E-state index >= 15 is 0 Å². The molecular weight excluding hydrogens is 318 g/mol. The lowest BCUT2D eigenvalue weighted by Gasteiger charge is -2.25. The number of rotatable bonds is 4. The van der Waals surface area contributed by atoms with Crippen LogP contribution < -0.4 is 10.6 Å². The van der Waals surface area contributed by atoms with Gasteiger partial charge in [0.15, 0.2) is 6.04 Å². The molecule has 1 unspecified atom stereocenters. The number of carbonyl (C=O) groups is 2. The number of hydrogen-bond donors (Lipinski definition) is 1. The highest BCUT2D eigenvalue weighted by molar-refractivity contribution is 6.26. The second kappa shape index (κ2) is 6.04. The first kappa shape index (κ1) is 15.9. The third-order valence-corrected chi connectivity index (χ3v) is 5.07. The van der Waals surface area contributed by atoms with E-state index in [0.717, 1.165) is 34.9 Å². The highest BCUT2D eigenvalue weighted by Crippen LogP contribution is 2.40. The monoisotopic (exact) mass is 338 g/mol. The minimum atomic E-state index is -0.704. The first-order valence-electron chi connectivity index (χ1n) is 8.69. The summed E-state index contributed by atoms with van der Waals surface area (Å²) < 4.78 is 0.483. The SMILES string of the molecule is NCCCc1cc2c3c(cccc3c1)N(C1CCC[N+](=O)C1=O)C2=O. The minimum Gasteiger partial charge on any atom is -0.330 e. The summed E-state index contributed by atoms with van der Waals surface area (Å²) in [5, 5.41) is 1.86. The van der Waals surface area contributed by atoms with Crippen LogP contribution in [0.15, 0.2) is 30.3 Å². The summed E-state index contributed by atoms with van der Waals surface area (Å²) in [5.41, 5.74) is 8.02. The van der Waals surface area contributed by atoms with Crippen molar-refractivity contribution in [3.05, 3.63) is 46.4 Å². The Morgan fingerprint density at radius 2 is 2.08 bits per heavy atom. The van der Waals surface area contributed by atoms with Crippen molar-refractivity contribution < 1.29 is 14.3 Å². The van der Waals surface area contributed by atoms with Gasteiger partial charge in [-0.05, 0) is 48.9 Å². The molecule has 4 rings (SSSR count). The normalized spacial score (nSPS) is 20.0. The zero-order chi connectivity index (χ0) is 17.6. The molecule has 0 bridgehead atoms. The minimum absolute atomic E-state index is 0.186. The second-order valence-electron chi connectivity index (χ2n) is 6.68. The molecule has 0 saturated carbocycles. The van der Waals surface area contributed by atoms with Gasteiger partial charge in [-0.15, -0.1) is 0 Å². The first-order valence-corrected chi connectivity index (χ1v) is 8.69. The molecule has 2 aliphatic rings. The molecule has 25 heavy (non-hydrogen) atoms. The number of hydrogen-bond acceptors (Lipinski definition) is 4. The van der Waals surface area contributed by atoms with Crippen LogP contribution in [0.4, 0.5) is 5.69 Å². The third kappa shape index (κ3) is 2.44. The number of nitrogens with zero attached hydrogens (tertiary/aromatic N) is 2. The van der Waals surface area contributed by atoms with Gasteiger partial charge in [0.2, 0.25) is 6.54 Å². The van der Waals surface area contributed by atoms with Crippen LogP contribution in [-0.2, 0) is 11.2 Å². The maximum Gasteiger partial charge on any atom is 0.455 e. The van der Waals surface area contributed by atoms with Crippen molar-refractivity contribution in [2.75, 3.05) is 18.0 Å². The number of benzene rings is 2. The van der Waals surface area contributed by atoms with Gasteiger partial charge in [0.1, 0.15) is 0 Å². The molecule has 1 fully saturated rings. The van der Waals surface area contributed by atoms with Crippen molar-refractivity contribution >= 4 is 28.3 Å². The quantitative estimate of drug-likeness (QED) is 0.866. The topological polar surface area (TPSA) is 83.5 Å². The molecule has 6 nitrogen and oxygen atoms in total. The Balaban J connectivity index is 1.81. The average molecular weight is 338 g/mol. The largest absolute Gasteiger partial charge is 0.455 e. The Bertz CT molecular complexity index is 906. The summed E-state index contributed by atoms with van der Waals surface area (Å²) >= 11 is 0. The highest BCUT2D eigenvalue weighted by atomic mass is 16.3. The Hall–Kier alpha value is -2.60. The summed E-state index contributed by atoms with van der Waals surface area (Å²) in [4.78, 5) is 38.7. The predicted octanol–water partition coefficient (Wildman–Crippen LogP) is 2.16. The summed E-state index contributed by atoms with van der Waals surface area (Å²) in [6.07, 6.45) is 2.80. The van der Waals surface area contributed by atoms with E-state index < -0.39 is 11.9 Å². The van der Waals surface area contributed by atoms with Crippen LogP contribution in [0, 0.1) is 4.91 Å². The number of anilines is 1. The van der Waals surface area contributed by atoms with E-state index in [1.54, 1.807) is 0 Å². The maximum absolute atomic E-state index is 13.1. The van der Waals surface area contributed by atoms with Crippen LogP contribution >= 0.6 is 0 Å². The fourth-order valence-electron chi connectivity index (χ4n) is 3.91. The molecule has 0 spiro atoms. The van der Waals surface area contributed by atoms with E-state index in [0.29, 0.717) is 29.7 Å². The maximum atomic E-state index is 13.1. The first-order chi connectivity index (χ1) is 12.1. The van der Waals surface area contributed by atoms with Crippen LogP contribution in [0.1, 0.15) is 35.2 Å². The van der Waals surface area contributed by atoms with Crippen LogP contribution in [0.5, 0.6) is 0 Å². The predicted molar refractivity (Wildman–Crippen MR) is 94.7 cm³/mol. The van der Waals surface area contributed by atoms with Gasteiger partial charge in [0.05, 0.1) is 16.0 Å². The zero-order valence-electron chi connectivity index (χ0n) is 13.9. The van der Waals surface area contributed by atoms with Gasteiger partial charge >= 0.3 is 5.91 Å². The standard InChI is InChI=1S/C19H20N3O3/c20-8-2-4-12-10-13-5-1-6-15-17(13)14(11-12)18(23)22(15)16-7-3-9-21(25)19(16)24/h1,5-6,10-11,16H,2-4,7-9,20H2/q+1. The molecule has 2 aromatic rings. The smallest absolute Gasteiger partial charge is 0.330 e. The lowest BCUT2D eigenvalue weighted by atomic mass is 9.99. The molecule has 2 N–H and O–H groups in total. The summed E-state index contributed by atoms with van der Waals surface area (Å²) in [6, 6.07) is 9.01. The number of carbonyl (C=O) groups excluding carboxylic acids is 2. The molecular formula is C19H20N3O3+. The van der Waals surface area contributed by atoms with Gasteiger partial charge in [0, 0.05) is 16.7 Å². The van der Waals surface area contributed by atoms with E-state index in [4.69, 9.17) is 5.73 Å². The van der Waals surface area contributed by atoms with Crippen LogP contribution in [0.3, 0.4) is 0 Å². The average Bonchev–Trinajstić information content (AvgIpc) is 2.89. The number of nitroso groups, excluding NO2 is 1. The van der Waals surface area contributed by atoms with Crippen molar-refractivity contribution in [1.82, 2.24) is 0 Å². The van der Waals surface area contributed by atoms with Gasteiger partial charge in [-0.25, -0.2) is 4.79 Å². The van der Waals surface area contributed by atoms with E-state index in [-0.39, 0.29) is 12.5 Å². The molecule has 1 atom stereocenters. The molecule has 2 aliphatic heterocycles. The van der Waals surface area contributed by atoms with E-state index in [9.17, 15) is 14.5 Å². The Morgan fingerprint density at radius 3 is 2.88 bits per heavy atom. The number of piperidine rings is 1. The molecule has 2 heterocycles. The van der Waals surface area contributed by atoms with E-state index in [2.05, 4.69) is 6.07 Å². The molecule has 2 aromatic carbocycles. The molecule has 0 radical (unpaired) electrons. The van der Waals surface area contributed by atoms with Crippen molar-refractivity contribution in [2.24, 2.45) is 5.73 Å². The van der Waals surface area contributed by atoms with E-state index in [1.165, 1.54) is 4.90 Å². The van der Waals surface area contributed by atoms with Gasteiger partial charge < -0.3 is 5.73 Å². The molecule has 128 valence electrons. The van der Waals surface area contributed by atoms with E-state index in [1.807, 2.05) is 24.3 Å². The third-order valence-electron chi connectivity index (χ3n) is 5.07. The Morgan fingerprint density at radius 1 is 1.24 bits per heavy atom. The lowest BCUT2D eigenvalue weighted by Crippen LogP contribution is -2.49. The number of amides is 2. The summed E-state index contributed by atoms with van der Waals surface area (Å²) in [5.74, 6) is -0.706. The number of nitrogens with two attached hydrogens (primary N) is 1. The molecule has 2 amide bonds. The number of aryl methyl sites for hydroxylation is 1. The molecule has 6 heteroatoms. The molecule has 1 saturated heterocycles. The second-order valence-corrected chi connectivity index (χ2v) is 6.68. The van der Waals surface area contributed by atoms with Crippen molar-refractivity contribution in [3.8, 4) is 0 Å². The van der Waals surface area contributed by atoms with Gasteiger partial charge in [-0.3, -0.25) is 9.69 Å². The zero-order valence-corrected chi connectivity index (χ0v) is 13.9. The fraction of sp³-hybridized carbons (Fsp3) is 0.368. The molecule has 0 aliphatic carbocycles. The van der Waals surface area contributed by atoms with Crippen molar-refractivity contribution in [1.29, 1.82) is 0 Å². The highest BCUT2D eigenvalue weighted by Gasteiger charge is 2.46. The lowest BCUT2D eigenvalue weighted by molar-refractivity contribution is -0.477. The van der Waals surface area contributed by atoms with Crippen LogP contribution in [0.2, 0.25) is 0 Å². The fourth-order valence-corrected chi connectivity index (χ4v) is 3.91. The van der Waals surface area contributed by atoms with Crippen molar-refractivity contribution in [2.45, 2.75) is 31.7 Å². The summed E-state index contributed by atoms with van der Waals surface area (Å²) in [6.45, 7) is 0.807.